The van der Waals surface area contributed by atoms with Crippen molar-refractivity contribution in [2.75, 3.05) is 17.1 Å². The van der Waals surface area contributed by atoms with Crippen LogP contribution in [0.3, 0.4) is 0 Å². The predicted molar refractivity (Wildman–Crippen MR) is 148 cm³/mol. The Morgan fingerprint density at radius 2 is 1.53 bits per heavy atom. The summed E-state index contributed by atoms with van der Waals surface area (Å²) in [7, 11) is -3.93. The van der Waals surface area contributed by atoms with E-state index in [1.807, 2.05) is 13.8 Å². The fourth-order valence-corrected chi connectivity index (χ4v) is 5.38. The first-order valence-electron chi connectivity index (χ1n) is 11.2. The first-order valence-corrected chi connectivity index (χ1v) is 14.6. The van der Waals surface area contributed by atoms with E-state index >= 15 is 0 Å². The Balaban J connectivity index is 2.53. The zero-order valence-electron chi connectivity index (χ0n) is 20.4. The zero-order chi connectivity index (χ0) is 27.2. The summed E-state index contributed by atoms with van der Waals surface area (Å²) in [4.78, 5) is 28.2. The van der Waals surface area contributed by atoms with Gasteiger partial charge in [-0.1, -0.05) is 66.3 Å². The lowest BCUT2D eigenvalue weighted by atomic mass is 10.1. The van der Waals surface area contributed by atoms with Crippen molar-refractivity contribution in [3.63, 3.8) is 0 Å². The summed E-state index contributed by atoms with van der Waals surface area (Å²) in [5, 5.41) is 3.95. The Morgan fingerprint density at radius 3 is 2.00 bits per heavy atom. The minimum atomic E-state index is -3.93. The largest absolute Gasteiger partial charge is 0.352 e. The van der Waals surface area contributed by atoms with Crippen LogP contribution in [0, 0.1) is 0 Å². The number of carbonyl (C=O) groups is 2. The number of benzene rings is 2. The van der Waals surface area contributed by atoms with Crippen molar-refractivity contribution < 1.29 is 18.0 Å². The molecule has 2 aromatic rings. The molecule has 0 spiro atoms. The fourth-order valence-electron chi connectivity index (χ4n) is 3.51. The molecule has 7 nitrogen and oxygen atoms in total. The van der Waals surface area contributed by atoms with Crippen LogP contribution in [0.15, 0.2) is 36.4 Å². The minimum absolute atomic E-state index is 0.0995. The van der Waals surface area contributed by atoms with E-state index in [1.54, 1.807) is 25.1 Å². The Morgan fingerprint density at radius 1 is 0.972 bits per heavy atom. The van der Waals surface area contributed by atoms with Gasteiger partial charge in [0, 0.05) is 38.2 Å². The van der Waals surface area contributed by atoms with Crippen LogP contribution < -0.4 is 9.62 Å². The topological polar surface area (TPSA) is 86.8 Å². The van der Waals surface area contributed by atoms with E-state index in [9.17, 15) is 18.0 Å². The van der Waals surface area contributed by atoms with Crippen LogP contribution in [0.2, 0.25) is 20.1 Å². The Kier molecular flexibility index (Phi) is 11.2. The molecule has 0 heterocycles. The Labute approximate surface area is 232 Å². The van der Waals surface area contributed by atoms with Crippen LogP contribution in [-0.4, -0.2) is 50.0 Å². The summed E-state index contributed by atoms with van der Waals surface area (Å²) in [6.45, 7) is 4.86. The third-order valence-corrected chi connectivity index (χ3v) is 7.88. The average molecular weight is 597 g/mol. The van der Waals surface area contributed by atoms with E-state index in [4.69, 9.17) is 46.4 Å². The van der Waals surface area contributed by atoms with E-state index in [1.165, 1.54) is 23.1 Å². The number of nitrogens with zero attached hydrogens (tertiary/aromatic N) is 2. The molecule has 0 aliphatic carbocycles. The lowest BCUT2D eigenvalue weighted by Crippen LogP contribution is -2.53. The first-order chi connectivity index (χ1) is 16.8. The highest BCUT2D eigenvalue weighted by Crippen LogP contribution is 2.29. The van der Waals surface area contributed by atoms with Crippen LogP contribution in [0.25, 0.3) is 0 Å². The van der Waals surface area contributed by atoms with Crippen LogP contribution in [-0.2, 0) is 26.2 Å². The van der Waals surface area contributed by atoms with Crippen LogP contribution >= 0.6 is 46.4 Å². The number of hydrogen-bond acceptors (Lipinski definition) is 4. The van der Waals surface area contributed by atoms with Gasteiger partial charge in [-0.15, -0.1) is 0 Å². The molecule has 198 valence electrons. The Hall–Kier alpha value is -1.71. The quantitative estimate of drug-likeness (QED) is 0.356. The molecule has 0 saturated heterocycles. The molecular formula is C24H29Cl4N3O4S. The fraction of sp³-hybridized carbons (Fsp3) is 0.417. The summed E-state index contributed by atoms with van der Waals surface area (Å²) in [6, 6.07) is 8.14. The predicted octanol–water partition coefficient (Wildman–Crippen LogP) is 5.79. The first kappa shape index (κ1) is 30.5. The van der Waals surface area contributed by atoms with Crippen molar-refractivity contribution in [2.24, 2.45) is 0 Å². The van der Waals surface area contributed by atoms with E-state index < -0.39 is 28.5 Å². The number of halogens is 4. The second-order valence-corrected chi connectivity index (χ2v) is 12.0. The molecule has 0 unspecified atom stereocenters. The number of carbonyl (C=O) groups excluding carboxylic acids is 2. The standard InChI is InChI=1S/C24H29Cl4N3O4S/c1-5-15(3)29-24(33)22(6-2)30(13-19-20(27)8-7-9-21(19)28)23(32)14-31(36(4,34)35)18-11-16(25)10-17(26)12-18/h7-12,15,22H,5-6,13-14H2,1-4H3,(H,29,33)/t15-,22+/m1/s1. The highest BCUT2D eigenvalue weighted by atomic mass is 35.5. The average Bonchev–Trinajstić information content (AvgIpc) is 2.77. The van der Waals surface area contributed by atoms with Gasteiger partial charge in [-0.3, -0.25) is 13.9 Å². The number of sulfonamides is 1. The maximum Gasteiger partial charge on any atom is 0.244 e. The highest BCUT2D eigenvalue weighted by Gasteiger charge is 2.33. The van der Waals surface area contributed by atoms with Crippen LogP contribution in [0.4, 0.5) is 5.69 Å². The van der Waals surface area contributed by atoms with E-state index in [-0.39, 0.29) is 40.6 Å². The molecule has 2 atom stereocenters. The molecule has 0 fully saturated rings. The van der Waals surface area contributed by atoms with Gasteiger partial charge in [0.05, 0.1) is 11.9 Å². The molecule has 1 N–H and O–H groups in total. The molecule has 2 aromatic carbocycles. The van der Waals surface area contributed by atoms with Gasteiger partial charge in [-0.25, -0.2) is 8.42 Å². The van der Waals surface area contributed by atoms with E-state index in [0.29, 0.717) is 22.0 Å². The zero-order valence-corrected chi connectivity index (χ0v) is 24.2. The van der Waals surface area contributed by atoms with Gasteiger partial charge in [0.15, 0.2) is 0 Å². The second kappa shape index (κ2) is 13.2. The van der Waals surface area contributed by atoms with Gasteiger partial charge in [0.2, 0.25) is 21.8 Å². The van der Waals surface area contributed by atoms with Crippen molar-refractivity contribution in [3.05, 3.63) is 62.1 Å². The van der Waals surface area contributed by atoms with Gasteiger partial charge in [-0.2, -0.15) is 0 Å². The van der Waals surface area contributed by atoms with Crippen LogP contribution in [0.1, 0.15) is 39.2 Å². The van der Waals surface area contributed by atoms with E-state index in [0.717, 1.165) is 10.6 Å². The number of amides is 2. The summed E-state index contributed by atoms with van der Waals surface area (Å²) >= 11 is 24.9. The van der Waals surface area contributed by atoms with Crippen LogP contribution in [0.5, 0.6) is 0 Å². The third-order valence-electron chi connectivity index (χ3n) is 5.59. The highest BCUT2D eigenvalue weighted by molar-refractivity contribution is 7.92. The maximum atomic E-state index is 13.7. The van der Waals surface area contributed by atoms with Gasteiger partial charge in [-0.05, 0) is 50.1 Å². The minimum Gasteiger partial charge on any atom is -0.352 e. The lowest BCUT2D eigenvalue weighted by molar-refractivity contribution is -0.140. The Bertz CT molecular complexity index is 1170. The number of nitrogens with one attached hydrogen (secondary N) is 1. The molecule has 12 heteroatoms. The second-order valence-electron chi connectivity index (χ2n) is 8.36. The van der Waals surface area contributed by atoms with Crippen molar-refractivity contribution in [3.8, 4) is 0 Å². The van der Waals surface area contributed by atoms with Gasteiger partial charge in [0.1, 0.15) is 12.6 Å². The third kappa shape index (κ3) is 8.15. The van der Waals surface area contributed by atoms with Crippen molar-refractivity contribution in [2.45, 2.75) is 52.2 Å². The van der Waals surface area contributed by atoms with Crippen molar-refractivity contribution in [1.82, 2.24) is 10.2 Å². The summed E-state index contributed by atoms with van der Waals surface area (Å²) in [5.41, 5.74) is 0.567. The molecule has 0 aliphatic rings. The molecule has 2 amide bonds. The summed E-state index contributed by atoms with van der Waals surface area (Å²) < 4.78 is 26.3. The molecule has 0 radical (unpaired) electrons. The smallest absolute Gasteiger partial charge is 0.244 e. The molecular weight excluding hydrogens is 568 g/mol. The molecule has 0 saturated carbocycles. The number of anilines is 1. The van der Waals surface area contributed by atoms with Crippen molar-refractivity contribution in [1.29, 1.82) is 0 Å². The number of rotatable bonds is 11. The summed E-state index contributed by atoms with van der Waals surface area (Å²) in [6.07, 6.45) is 1.94. The van der Waals surface area contributed by atoms with Gasteiger partial charge in [0.25, 0.3) is 0 Å². The van der Waals surface area contributed by atoms with E-state index in [2.05, 4.69) is 5.32 Å². The van der Waals surface area contributed by atoms with Gasteiger partial charge < -0.3 is 10.2 Å². The molecule has 0 aliphatic heterocycles. The van der Waals surface area contributed by atoms with Crippen molar-refractivity contribution >= 4 is 73.9 Å². The summed E-state index contributed by atoms with van der Waals surface area (Å²) in [5.74, 6) is -0.987. The number of hydrogen-bond donors (Lipinski definition) is 1. The lowest BCUT2D eigenvalue weighted by Gasteiger charge is -2.33. The monoisotopic (exact) mass is 595 g/mol. The molecule has 36 heavy (non-hydrogen) atoms. The molecule has 0 aromatic heterocycles. The maximum absolute atomic E-state index is 13.7. The van der Waals surface area contributed by atoms with Gasteiger partial charge >= 0.3 is 0 Å². The normalized spacial score (nSPS) is 13.1. The molecule has 0 bridgehead atoms. The molecule has 2 rings (SSSR count). The SMILES string of the molecule is CC[C@@H](C)NC(=O)[C@H](CC)N(Cc1c(Cl)cccc1Cl)C(=O)CN(c1cc(Cl)cc(Cl)c1)S(C)(=O)=O.